The molecule has 0 N–H and O–H groups in total. The largest absolute Gasteiger partial charge is 0.373 e. The van der Waals surface area contributed by atoms with E-state index in [1.165, 1.54) is 22.5 Å². The van der Waals surface area contributed by atoms with E-state index >= 15 is 0 Å². The maximum atomic E-state index is 5.61. The predicted molar refractivity (Wildman–Crippen MR) is 67.0 cm³/mol. The lowest BCUT2D eigenvalue weighted by Gasteiger charge is -2.21. The van der Waals surface area contributed by atoms with Gasteiger partial charge in [-0.3, -0.25) is 0 Å². The lowest BCUT2D eigenvalue weighted by Crippen LogP contribution is -2.19. The number of hydrogen-bond donors (Lipinski definition) is 0. The van der Waals surface area contributed by atoms with E-state index in [0.717, 1.165) is 19.8 Å². The molecular weight excluding hydrogens is 198 g/mol. The van der Waals surface area contributed by atoms with Gasteiger partial charge in [0.05, 0.1) is 13.2 Å². The molecule has 0 atom stereocenters. The summed E-state index contributed by atoms with van der Waals surface area (Å²) in [5.74, 6) is 1.19. The summed E-state index contributed by atoms with van der Waals surface area (Å²) >= 11 is 0. The highest BCUT2D eigenvalue weighted by Gasteiger charge is 2.25. The van der Waals surface area contributed by atoms with E-state index in [2.05, 4.69) is 39.2 Å². The van der Waals surface area contributed by atoms with Crippen molar-refractivity contribution < 1.29 is 4.74 Å². The number of hydrogen-bond acceptors (Lipinski definition) is 1. The lowest BCUT2D eigenvalue weighted by molar-refractivity contribution is 0.0828. The Morgan fingerprint density at radius 2 is 1.81 bits per heavy atom. The average Bonchev–Trinajstić information content (AvgIpc) is 2.49. The highest BCUT2D eigenvalue weighted by molar-refractivity contribution is 5.41. The highest BCUT2D eigenvalue weighted by atomic mass is 16.5. The fourth-order valence-corrected chi connectivity index (χ4v) is 3.09. The van der Waals surface area contributed by atoms with Gasteiger partial charge >= 0.3 is 0 Å². The SMILES string of the molecule is Cc1c(C(C)C)c2n(c1C(C)C)CCOC2. The Labute approximate surface area is 98.6 Å². The molecule has 0 saturated carbocycles. The van der Waals surface area contributed by atoms with Crippen molar-refractivity contribution in [3.63, 3.8) is 0 Å². The molecule has 0 unspecified atom stereocenters. The van der Waals surface area contributed by atoms with Crippen molar-refractivity contribution >= 4 is 0 Å². The quantitative estimate of drug-likeness (QED) is 0.744. The molecule has 0 fully saturated rings. The van der Waals surface area contributed by atoms with Crippen molar-refractivity contribution in [3.05, 3.63) is 22.5 Å². The summed E-state index contributed by atoms with van der Waals surface area (Å²) in [5, 5.41) is 0. The van der Waals surface area contributed by atoms with E-state index in [1.54, 1.807) is 0 Å². The monoisotopic (exact) mass is 221 g/mol. The Balaban J connectivity index is 2.62. The summed E-state index contributed by atoms with van der Waals surface area (Å²) in [6.07, 6.45) is 0. The van der Waals surface area contributed by atoms with Crippen LogP contribution in [0.15, 0.2) is 0 Å². The molecule has 0 amide bonds. The molecular formula is C14H23NO. The molecule has 0 bridgehead atoms. The summed E-state index contributed by atoms with van der Waals surface area (Å²) in [7, 11) is 0. The third kappa shape index (κ3) is 1.69. The molecule has 1 aromatic rings. The molecule has 1 aromatic heterocycles. The molecule has 0 saturated heterocycles. The van der Waals surface area contributed by atoms with Gasteiger partial charge in [-0.05, 0) is 29.9 Å². The van der Waals surface area contributed by atoms with E-state index in [-0.39, 0.29) is 0 Å². The number of aromatic nitrogens is 1. The molecule has 0 aliphatic carbocycles. The van der Waals surface area contributed by atoms with Crippen LogP contribution >= 0.6 is 0 Å². The molecule has 1 aliphatic heterocycles. The molecule has 2 rings (SSSR count). The van der Waals surface area contributed by atoms with Crippen molar-refractivity contribution in [2.75, 3.05) is 6.61 Å². The zero-order valence-electron chi connectivity index (χ0n) is 11.1. The van der Waals surface area contributed by atoms with Crippen molar-refractivity contribution in [3.8, 4) is 0 Å². The molecule has 0 aromatic carbocycles. The van der Waals surface area contributed by atoms with Gasteiger partial charge in [-0.25, -0.2) is 0 Å². The van der Waals surface area contributed by atoms with E-state index in [0.29, 0.717) is 11.8 Å². The van der Waals surface area contributed by atoms with Crippen LogP contribution in [-0.2, 0) is 17.9 Å². The minimum absolute atomic E-state index is 0.593. The standard InChI is InChI=1S/C14H23NO/c1-9(2)13-11(5)14(10(3)4)15-6-7-16-8-12(13)15/h9-10H,6-8H2,1-5H3. The fraction of sp³-hybridized carbons (Fsp3) is 0.714. The fourth-order valence-electron chi connectivity index (χ4n) is 3.09. The molecule has 2 heteroatoms. The van der Waals surface area contributed by atoms with E-state index < -0.39 is 0 Å². The van der Waals surface area contributed by atoms with Crippen LogP contribution < -0.4 is 0 Å². The minimum atomic E-state index is 0.593. The maximum absolute atomic E-state index is 5.61. The lowest BCUT2D eigenvalue weighted by atomic mass is 9.96. The van der Waals surface area contributed by atoms with Crippen LogP contribution in [0.2, 0.25) is 0 Å². The minimum Gasteiger partial charge on any atom is -0.373 e. The second kappa shape index (κ2) is 4.25. The van der Waals surface area contributed by atoms with Crippen LogP contribution in [0.3, 0.4) is 0 Å². The first-order valence-corrected chi connectivity index (χ1v) is 6.33. The van der Waals surface area contributed by atoms with Crippen LogP contribution in [0.25, 0.3) is 0 Å². The number of ether oxygens (including phenoxy) is 1. The van der Waals surface area contributed by atoms with Crippen molar-refractivity contribution in [2.24, 2.45) is 0 Å². The maximum Gasteiger partial charge on any atom is 0.0871 e. The van der Waals surface area contributed by atoms with Crippen LogP contribution in [0.1, 0.15) is 62.0 Å². The molecule has 0 radical (unpaired) electrons. The van der Waals surface area contributed by atoms with Crippen LogP contribution in [0, 0.1) is 6.92 Å². The molecule has 0 spiro atoms. The van der Waals surface area contributed by atoms with Gasteiger partial charge in [-0.1, -0.05) is 27.7 Å². The van der Waals surface area contributed by atoms with Crippen molar-refractivity contribution in [1.29, 1.82) is 0 Å². The number of nitrogens with zero attached hydrogens (tertiary/aromatic N) is 1. The Bertz CT molecular complexity index is 352. The Morgan fingerprint density at radius 3 is 2.38 bits per heavy atom. The summed E-state index contributed by atoms with van der Waals surface area (Å²) in [6, 6.07) is 0. The first-order valence-electron chi connectivity index (χ1n) is 6.33. The topological polar surface area (TPSA) is 14.2 Å². The van der Waals surface area contributed by atoms with Gasteiger partial charge in [0, 0.05) is 17.9 Å². The first-order chi connectivity index (χ1) is 7.54. The van der Waals surface area contributed by atoms with Gasteiger partial charge < -0.3 is 9.30 Å². The summed E-state index contributed by atoms with van der Waals surface area (Å²) in [5.41, 5.74) is 5.94. The summed E-state index contributed by atoms with van der Waals surface area (Å²) in [6.45, 7) is 14.1. The van der Waals surface area contributed by atoms with Gasteiger partial charge in [-0.2, -0.15) is 0 Å². The molecule has 2 heterocycles. The Hall–Kier alpha value is -0.760. The van der Waals surface area contributed by atoms with Gasteiger partial charge in [-0.15, -0.1) is 0 Å². The van der Waals surface area contributed by atoms with Gasteiger partial charge in [0.2, 0.25) is 0 Å². The Kier molecular flexibility index (Phi) is 3.11. The Morgan fingerprint density at radius 1 is 1.12 bits per heavy atom. The molecule has 2 nitrogen and oxygen atoms in total. The van der Waals surface area contributed by atoms with Gasteiger partial charge in [0.1, 0.15) is 0 Å². The predicted octanol–water partition coefficient (Wildman–Crippen LogP) is 3.57. The number of fused-ring (bicyclic) bond motifs is 1. The molecule has 90 valence electrons. The first kappa shape index (κ1) is 11.7. The number of rotatable bonds is 2. The summed E-state index contributed by atoms with van der Waals surface area (Å²) < 4.78 is 8.11. The van der Waals surface area contributed by atoms with Gasteiger partial charge in [0.25, 0.3) is 0 Å². The van der Waals surface area contributed by atoms with Crippen LogP contribution in [-0.4, -0.2) is 11.2 Å². The third-order valence-electron chi connectivity index (χ3n) is 3.54. The molecule has 1 aliphatic rings. The normalized spacial score (nSPS) is 15.9. The highest BCUT2D eigenvalue weighted by Crippen LogP contribution is 2.34. The van der Waals surface area contributed by atoms with E-state index in [1.807, 2.05) is 0 Å². The summed E-state index contributed by atoms with van der Waals surface area (Å²) in [4.78, 5) is 0. The second-order valence-corrected chi connectivity index (χ2v) is 5.38. The van der Waals surface area contributed by atoms with Crippen molar-refractivity contribution in [2.45, 2.75) is 59.6 Å². The van der Waals surface area contributed by atoms with Gasteiger partial charge in [0.15, 0.2) is 0 Å². The van der Waals surface area contributed by atoms with Crippen LogP contribution in [0.5, 0.6) is 0 Å². The third-order valence-corrected chi connectivity index (χ3v) is 3.54. The molecule has 16 heavy (non-hydrogen) atoms. The second-order valence-electron chi connectivity index (χ2n) is 5.38. The van der Waals surface area contributed by atoms with E-state index in [4.69, 9.17) is 4.74 Å². The van der Waals surface area contributed by atoms with Crippen molar-refractivity contribution in [1.82, 2.24) is 4.57 Å². The zero-order chi connectivity index (χ0) is 11.9. The smallest absolute Gasteiger partial charge is 0.0871 e. The van der Waals surface area contributed by atoms with E-state index in [9.17, 15) is 0 Å². The zero-order valence-corrected chi connectivity index (χ0v) is 11.1. The van der Waals surface area contributed by atoms with Crippen LogP contribution in [0.4, 0.5) is 0 Å². The average molecular weight is 221 g/mol.